The molecule has 6 nitrogen and oxygen atoms in total. The van der Waals surface area contributed by atoms with Gasteiger partial charge in [-0.15, -0.1) is 0 Å². The fraction of sp³-hybridized carbons (Fsp3) is 0.103. The van der Waals surface area contributed by atoms with Crippen LogP contribution in [0.15, 0.2) is 91.0 Å². The van der Waals surface area contributed by atoms with Crippen LogP contribution < -0.4 is 5.32 Å². The van der Waals surface area contributed by atoms with Gasteiger partial charge in [-0.05, 0) is 52.6 Å². The fourth-order valence-corrected chi connectivity index (χ4v) is 4.32. The highest BCUT2D eigenvalue weighted by Crippen LogP contribution is 2.29. The summed E-state index contributed by atoms with van der Waals surface area (Å²) in [7, 11) is 0. The van der Waals surface area contributed by atoms with E-state index in [-0.39, 0.29) is 24.3 Å². The van der Waals surface area contributed by atoms with Crippen molar-refractivity contribution in [3.05, 3.63) is 119 Å². The second-order valence-corrected chi connectivity index (χ2v) is 8.54. The Hall–Kier alpha value is -4.58. The molecule has 1 N–H and O–H groups in total. The van der Waals surface area contributed by atoms with Gasteiger partial charge in [0.25, 0.3) is 17.7 Å². The molecule has 4 aromatic carbocycles. The topological polar surface area (TPSA) is 83.6 Å². The predicted molar refractivity (Wildman–Crippen MR) is 132 cm³/mol. The van der Waals surface area contributed by atoms with Gasteiger partial charge >= 0.3 is 0 Å². The molecule has 1 heterocycles. The van der Waals surface area contributed by atoms with E-state index < -0.39 is 6.04 Å². The van der Waals surface area contributed by atoms with Crippen LogP contribution in [0.25, 0.3) is 10.8 Å². The van der Waals surface area contributed by atoms with E-state index >= 15 is 0 Å². The third-order valence-corrected chi connectivity index (χ3v) is 6.17. The molecule has 0 fully saturated rings. The first-order valence-corrected chi connectivity index (χ1v) is 11.3. The Balaban J connectivity index is 1.27. The van der Waals surface area contributed by atoms with Gasteiger partial charge in [0, 0.05) is 5.56 Å². The quantitative estimate of drug-likeness (QED) is 0.330. The van der Waals surface area contributed by atoms with Crippen molar-refractivity contribution in [2.24, 2.45) is 0 Å². The zero-order valence-electron chi connectivity index (χ0n) is 18.8. The highest BCUT2D eigenvalue weighted by molar-refractivity contribution is 6.23. The van der Waals surface area contributed by atoms with Crippen LogP contribution in [-0.4, -0.2) is 34.9 Å². The van der Waals surface area contributed by atoms with E-state index in [4.69, 9.17) is 0 Å². The molecule has 5 rings (SSSR count). The second kappa shape index (κ2) is 9.35. The minimum Gasteiger partial charge on any atom is -0.342 e. The largest absolute Gasteiger partial charge is 0.342 e. The van der Waals surface area contributed by atoms with Gasteiger partial charge in [0.1, 0.15) is 6.29 Å². The molecule has 1 aliphatic heterocycles. The number of hydrogen-bond donors (Lipinski definition) is 1. The summed E-state index contributed by atoms with van der Waals surface area (Å²) < 4.78 is 0. The number of hydrogen-bond acceptors (Lipinski definition) is 4. The van der Waals surface area contributed by atoms with Gasteiger partial charge in [-0.25, -0.2) is 0 Å². The monoisotopic (exact) mass is 462 g/mol. The van der Waals surface area contributed by atoms with Crippen molar-refractivity contribution in [2.45, 2.75) is 19.0 Å². The van der Waals surface area contributed by atoms with Crippen LogP contribution in [0.4, 0.5) is 0 Å². The Bertz CT molecular complexity index is 1390. The summed E-state index contributed by atoms with van der Waals surface area (Å²) in [5.74, 6) is -1.02. The van der Waals surface area contributed by atoms with Crippen LogP contribution >= 0.6 is 0 Å². The van der Waals surface area contributed by atoms with E-state index in [2.05, 4.69) is 5.32 Å². The van der Waals surface area contributed by atoms with Gasteiger partial charge in [-0.2, -0.15) is 0 Å². The normalized spacial score (nSPS) is 13.5. The molecule has 4 aromatic rings. The molecule has 172 valence electrons. The lowest BCUT2D eigenvalue weighted by Crippen LogP contribution is -2.37. The Morgan fingerprint density at radius 1 is 0.771 bits per heavy atom. The molecular weight excluding hydrogens is 440 g/mol. The Morgan fingerprint density at radius 3 is 1.91 bits per heavy atom. The van der Waals surface area contributed by atoms with E-state index in [0.29, 0.717) is 23.1 Å². The van der Waals surface area contributed by atoms with Crippen LogP contribution in [0.3, 0.4) is 0 Å². The second-order valence-electron chi connectivity index (χ2n) is 8.54. The van der Waals surface area contributed by atoms with E-state index in [1.165, 1.54) is 4.90 Å². The fourth-order valence-electron chi connectivity index (χ4n) is 4.32. The SMILES string of the molecule is O=C[C@H](Cc1ccccc1)NC(=O)c1ccc(CN2C(=O)c3cc4ccccc4cc3C2=O)cc1. The molecule has 0 unspecified atom stereocenters. The number of benzene rings is 4. The summed E-state index contributed by atoms with van der Waals surface area (Å²) in [6, 6.07) is 26.6. The standard InChI is InChI=1S/C29H22N2O4/c32-18-24(14-19-6-2-1-3-7-19)30-27(33)21-12-10-20(11-13-21)17-31-28(34)25-15-22-8-4-5-9-23(22)16-26(25)29(31)35/h1-13,15-16,18,24H,14,17H2,(H,30,33)/t24-/m0/s1. The van der Waals surface area contributed by atoms with Crippen LogP contribution in [0.2, 0.25) is 0 Å². The average molecular weight is 463 g/mol. The first kappa shape index (κ1) is 22.2. The third kappa shape index (κ3) is 4.46. The summed E-state index contributed by atoms with van der Waals surface area (Å²) >= 11 is 0. The van der Waals surface area contributed by atoms with Crippen molar-refractivity contribution in [3.8, 4) is 0 Å². The van der Waals surface area contributed by atoms with Crippen molar-refractivity contribution < 1.29 is 19.2 Å². The number of carbonyl (C=O) groups excluding carboxylic acids is 4. The summed E-state index contributed by atoms with van der Waals surface area (Å²) in [6.07, 6.45) is 1.13. The van der Waals surface area contributed by atoms with Crippen LogP contribution in [-0.2, 0) is 17.8 Å². The highest BCUT2D eigenvalue weighted by atomic mass is 16.2. The molecule has 0 spiro atoms. The summed E-state index contributed by atoms with van der Waals surface area (Å²) in [4.78, 5) is 51.2. The van der Waals surface area contributed by atoms with Crippen LogP contribution in [0.5, 0.6) is 0 Å². The summed E-state index contributed by atoms with van der Waals surface area (Å²) in [5, 5.41) is 4.56. The lowest BCUT2D eigenvalue weighted by atomic mass is 10.0. The number of carbonyl (C=O) groups is 4. The van der Waals surface area contributed by atoms with Gasteiger partial charge in [0.15, 0.2) is 0 Å². The predicted octanol–water partition coefficient (Wildman–Crippen LogP) is 4.18. The molecule has 1 aliphatic rings. The number of rotatable bonds is 7. The van der Waals surface area contributed by atoms with Gasteiger partial charge < -0.3 is 10.1 Å². The van der Waals surface area contributed by atoms with E-state index in [1.54, 1.807) is 36.4 Å². The summed E-state index contributed by atoms with van der Waals surface area (Å²) in [6.45, 7) is 0.107. The number of aldehydes is 1. The maximum Gasteiger partial charge on any atom is 0.261 e. The first-order chi connectivity index (χ1) is 17.0. The maximum absolute atomic E-state index is 12.9. The molecule has 35 heavy (non-hydrogen) atoms. The number of fused-ring (bicyclic) bond motifs is 2. The molecule has 0 saturated carbocycles. The molecule has 0 aliphatic carbocycles. The first-order valence-electron chi connectivity index (χ1n) is 11.3. The maximum atomic E-state index is 12.9. The Morgan fingerprint density at radius 2 is 1.34 bits per heavy atom. The van der Waals surface area contributed by atoms with Gasteiger partial charge in [-0.3, -0.25) is 19.3 Å². The van der Waals surface area contributed by atoms with Crippen molar-refractivity contribution >= 4 is 34.8 Å². The van der Waals surface area contributed by atoms with Crippen LogP contribution in [0, 0.1) is 0 Å². The molecule has 0 aromatic heterocycles. The van der Waals surface area contributed by atoms with Gasteiger partial charge in [0.2, 0.25) is 0 Å². The molecular formula is C29H22N2O4. The molecule has 0 radical (unpaired) electrons. The van der Waals surface area contributed by atoms with Gasteiger partial charge in [0.05, 0.1) is 23.7 Å². The lowest BCUT2D eigenvalue weighted by Gasteiger charge is -2.15. The zero-order valence-corrected chi connectivity index (χ0v) is 18.8. The lowest BCUT2D eigenvalue weighted by molar-refractivity contribution is -0.109. The smallest absolute Gasteiger partial charge is 0.261 e. The minimum atomic E-state index is -0.640. The Kier molecular flexibility index (Phi) is 5.94. The minimum absolute atomic E-state index is 0.107. The van der Waals surface area contributed by atoms with Crippen LogP contribution in [0.1, 0.15) is 42.2 Å². The number of imide groups is 1. The van der Waals surface area contributed by atoms with Gasteiger partial charge in [-0.1, -0.05) is 66.7 Å². The average Bonchev–Trinajstić information content (AvgIpc) is 3.12. The number of amides is 3. The molecule has 1 atom stereocenters. The van der Waals surface area contributed by atoms with E-state index in [1.807, 2.05) is 54.6 Å². The summed E-state index contributed by atoms with van der Waals surface area (Å²) in [5.41, 5.74) is 2.87. The third-order valence-electron chi connectivity index (χ3n) is 6.17. The van der Waals surface area contributed by atoms with Crippen molar-refractivity contribution in [1.82, 2.24) is 10.2 Å². The molecule has 0 saturated heterocycles. The number of nitrogens with zero attached hydrogens (tertiary/aromatic N) is 1. The molecule has 6 heteroatoms. The zero-order chi connectivity index (χ0) is 24.4. The molecule has 3 amide bonds. The number of nitrogens with one attached hydrogen (secondary N) is 1. The van der Waals surface area contributed by atoms with E-state index in [0.717, 1.165) is 28.2 Å². The van der Waals surface area contributed by atoms with E-state index in [9.17, 15) is 19.2 Å². The van der Waals surface area contributed by atoms with Crippen molar-refractivity contribution in [1.29, 1.82) is 0 Å². The molecule has 0 bridgehead atoms. The van der Waals surface area contributed by atoms with Crippen molar-refractivity contribution in [2.75, 3.05) is 0 Å². The Labute approximate surface area is 202 Å². The van der Waals surface area contributed by atoms with Crippen molar-refractivity contribution in [3.63, 3.8) is 0 Å². The highest BCUT2D eigenvalue weighted by Gasteiger charge is 2.35.